The molecular weight excluding hydrogens is 300 g/mol. The summed E-state index contributed by atoms with van der Waals surface area (Å²) >= 11 is 0. The molecule has 1 aromatic rings. The number of hydrogen-bond acceptors (Lipinski definition) is 4. The molecule has 23 heavy (non-hydrogen) atoms. The van der Waals surface area contributed by atoms with Gasteiger partial charge in [-0.1, -0.05) is 6.07 Å². The van der Waals surface area contributed by atoms with Crippen LogP contribution in [0.4, 0.5) is 14.9 Å². The van der Waals surface area contributed by atoms with Crippen molar-refractivity contribution in [2.24, 2.45) is 0 Å². The monoisotopic (exact) mass is 321 g/mol. The third-order valence-electron chi connectivity index (χ3n) is 4.85. The number of nitrogens with zero attached hydrogens (tertiary/aromatic N) is 1. The average molecular weight is 321 g/mol. The minimum atomic E-state index is -0.767. The third-order valence-corrected chi connectivity index (χ3v) is 4.85. The van der Waals surface area contributed by atoms with E-state index in [-0.39, 0.29) is 6.04 Å². The lowest BCUT2D eigenvalue weighted by Gasteiger charge is -2.32. The van der Waals surface area contributed by atoms with Gasteiger partial charge in [0.2, 0.25) is 0 Å². The Hall–Kier alpha value is -1.60. The molecule has 124 valence electrons. The van der Waals surface area contributed by atoms with Crippen LogP contribution in [0, 0.1) is 5.82 Å². The summed E-state index contributed by atoms with van der Waals surface area (Å²) in [5.74, 6) is -0.465. The summed E-state index contributed by atoms with van der Waals surface area (Å²) in [5.41, 5.74) is -0.267. The molecule has 7 heteroatoms. The summed E-state index contributed by atoms with van der Waals surface area (Å²) in [6.45, 7) is 9.83. The molecule has 0 bridgehead atoms. The summed E-state index contributed by atoms with van der Waals surface area (Å²) in [6, 6.07) is 4.49. The van der Waals surface area contributed by atoms with E-state index in [0.717, 1.165) is 0 Å². The Morgan fingerprint density at radius 2 is 1.83 bits per heavy atom. The number of carbonyl (C=O) groups excluding carboxylic acids is 1. The molecule has 2 aliphatic rings. The van der Waals surface area contributed by atoms with Gasteiger partial charge in [-0.05, 0) is 46.8 Å². The van der Waals surface area contributed by atoms with Gasteiger partial charge in [0.25, 0.3) is 0 Å². The molecule has 0 N–H and O–H groups in total. The summed E-state index contributed by atoms with van der Waals surface area (Å²) in [7, 11) is -0.767. The first-order valence-electron chi connectivity index (χ1n) is 7.73. The van der Waals surface area contributed by atoms with Crippen molar-refractivity contribution in [3.05, 3.63) is 24.0 Å². The topological polar surface area (TPSA) is 48.0 Å². The van der Waals surface area contributed by atoms with Gasteiger partial charge in [0, 0.05) is 5.46 Å². The predicted octanol–water partition coefficient (Wildman–Crippen LogP) is 2.47. The molecule has 0 saturated carbocycles. The van der Waals surface area contributed by atoms with Gasteiger partial charge in [0.05, 0.1) is 22.9 Å². The van der Waals surface area contributed by atoms with E-state index in [2.05, 4.69) is 0 Å². The fourth-order valence-electron chi connectivity index (χ4n) is 2.70. The largest absolute Gasteiger partial charge is 0.497 e. The highest BCUT2D eigenvalue weighted by atomic mass is 19.1. The van der Waals surface area contributed by atoms with E-state index in [1.807, 2.05) is 34.6 Å². The number of amides is 1. The summed E-state index contributed by atoms with van der Waals surface area (Å²) in [6.07, 6.45) is -0.458. The third kappa shape index (κ3) is 2.62. The number of benzene rings is 1. The van der Waals surface area contributed by atoms with Crippen molar-refractivity contribution in [1.82, 2.24) is 0 Å². The van der Waals surface area contributed by atoms with Crippen molar-refractivity contribution in [3.8, 4) is 0 Å². The fraction of sp³-hybridized carbons (Fsp3) is 0.562. The number of halogens is 1. The molecule has 2 saturated heterocycles. The van der Waals surface area contributed by atoms with Gasteiger partial charge in [0.15, 0.2) is 0 Å². The van der Waals surface area contributed by atoms with Crippen LogP contribution in [-0.2, 0) is 14.0 Å². The van der Waals surface area contributed by atoms with Crippen LogP contribution in [0.15, 0.2) is 18.2 Å². The SMILES string of the molecule is CC1COC(=O)N1c1ccc(B2OC(C)(C)C(C)(C)O2)c(F)c1. The molecule has 1 atom stereocenters. The van der Waals surface area contributed by atoms with Crippen LogP contribution in [0.1, 0.15) is 34.6 Å². The highest BCUT2D eigenvalue weighted by Crippen LogP contribution is 2.37. The minimum absolute atomic E-state index is 0.121. The number of ether oxygens (including phenoxy) is 1. The van der Waals surface area contributed by atoms with E-state index in [0.29, 0.717) is 17.8 Å². The first-order valence-corrected chi connectivity index (χ1v) is 7.73. The lowest BCUT2D eigenvalue weighted by atomic mass is 9.78. The molecule has 2 aliphatic heterocycles. The Bertz CT molecular complexity index is 633. The minimum Gasteiger partial charge on any atom is -0.447 e. The molecule has 2 heterocycles. The Kier molecular flexibility index (Phi) is 3.68. The molecular formula is C16H21BFNO4. The van der Waals surface area contributed by atoms with Crippen LogP contribution in [-0.4, -0.2) is 37.1 Å². The van der Waals surface area contributed by atoms with E-state index in [9.17, 15) is 9.18 Å². The summed E-state index contributed by atoms with van der Waals surface area (Å²) in [4.78, 5) is 13.2. The maximum Gasteiger partial charge on any atom is 0.497 e. The quantitative estimate of drug-likeness (QED) is 0.785. The Morgan fingerprint density at radius 3 is 2.30 bits per heavy atom. The smallest absolute Gasteiger partial charge is 0.447 e. The van der Waals surface area contributed by atoms with Crippen molar-refractivity contribution in [2.45, 2.75) is 51.9 Å². The zero-order valence-corrected chi connectivity index (χ0v) is 14.1. The van der Waals surface area contributed by atoms with Gasteiger partial charge in [-0.15, -0.1) is 0 Å². The van der Waals surface area contributed by atoms with Crippen LogP contribution in [0.25, 0.3) is 0 Å². The standard InChI is InChI=1S/C16H21BFNO4/c1-10-9-21-14(20)19(10)11-6-7-12(13(18)8-11)17-22-15(2,3)16(4,5)23-17/h6-8,10H,9H2,1-5H3. The maximum absolute atomic E-state index is 14.6. The molecule has 1 aromatic carbocycles. The number of hydrogen-bond donors (Lipinski definition) is 0. The van der Waals surface area contributed by atoms with Crippen LogP contribution in [0.2, 0.25) is 0 Å². The Balaban J connectivity index is 1.88. The first-order chi connectivity index (χ1) is 10.6. The van der Waals surface area contributed by atoms with Crippen molar-refractivity contribution in [2.75, 3.05) is 11.5 Å². The maximum atomic E-state index is 14.6. The van der Waals surface area contributed by atoms with Crippen LogP contribution in [0.3, 0.4) is 0 Å². The molecule has 5 nitrogen and oxygen atoms in total. The van der Waals surface area contributed by atoms with Gasteiger partial charge >= 0.3 is 13.2 Å². The van der Waals surface area contributed by atoms with Crippen molar-refractivity contribution in [3.63, 3.8) is 0 Å². The lowest BCUT2D eigenvalue weighted by molar-refractivity contribution is 0.00578. The van der Waals surface area contributed by atoms with Crippen molar-refractivity contribution in [1.29, 1.82) is 0 Å². The van der Waals surface area contributed by atoms with E-state index < -0.39 is 30.2 Å². The molecule has 0 aliphatic carbocycles. The van der Waals surface area contributed by atoms with Crippen molar-refractivity contribution >= 4 is 24.4 Å². The Labute approximate surface area is 135 Å². The highest BCUT2D eigenvalue weighted by molar-refractivity contribution is 6.62. The molecule has 1 amide bonds. The number of carbonyl (C=O) groups is 1. The molecule has 2 fully saturated rings. The summed E-state index contributed by atoms with van der Waals surface area (Å²) in [5, 5.41) is 0. The van der Waals surface area contributed by atoms with Crippen molar-refractivity contribution < 1.29 is 23.2 Å². The molecule has 3 rings (SSSR count). The molecule has 0 aromatic heterocycles. The summed E-state index contributed by atoms with van der Waals surface area (Å²) < 4.78 is 31.3. The second-order valence-electron chi connectivity index (χ2n) is 7.09. The second-order valence-corrected chi connectivity index (χ2v) is 7.09. The average Bonchev–Trinajstić information content (AvgIpc) is 2.86. The van der Waals surface area contributed by atoms with Crippen LogP contribution < -0.4 is 10.4 Å². The molecule has 0 spiro atoms. The normalized spacial score (nSPS) is 25.8. The fourth-order valence-corrected chi connectivity index (χ4v) is 2.70. The molecule has 0 radical (unpaired) electrons. The second kappa shape index (κ2) is 5.21. The van der Waals surface area contributed by atoms with E-state index in [1.54, 1.807) is 12.1 Å². The van der Waals surface area contributed by atoms with E-state index >= 15 is 0 Å². The Morgan fingerprint density at radius 1 is 1.22 bits per heavy atom. The van der Waals surface area contributed by atoms with Gasteiger partial charge in [-0.2, -0.15) is 0 Å². The van der Waals surface area contributed by atoms with E-state index in [4.69, 9.17) is 14.0 Å². The lowest BCUT2D eigenvalue weighted by Crippen LogP contribution is -2.41. The van der Waals surface area contributed by atoms with E-state index in [1.165, 1.54) is 11.0 Å². The van der Waals surface area contributed by atoms with Gasteiger partial charge in [0.1, 0.15) is 12.4 Å². The molecule has 1 unspecified atom stereocenters. The van der Waals surface area contributed by atoms with Gasteiger partial charge in [-0.25, -0.2) is 9.18 Å². The highest BCUT2D eigenvalue weighted by Gasteiger charge is 2.52. The zero-order chi connectivity index (χ0) is 17.0. The van der Waals surface area contributed by atoms with Gasteiger partial charge in [-0.3, -0.25) is 4.90 Å². The number of anilines is 1. The van der Waals surface area contributed by atoms with Gasteiger partial charge < -0.3 is 14.0 Å². The first kappa shape index (κ1) is 16.3. The number of cyclic esters (lactones) is 1. The van der Waals surface area contributed by atoms with Crippen LogP contribution >= 0.6 is 0 Å². The zero-order valence-electron chi connectivity index (χ0n) is 14.1. The number of rotatable bonds is 2. The van der Waals surface area contributed by atoms with Crippen LogP contribution in [0.5, 0.6) is 0 Å². The predicted molar refractivity (Wildman–Crippen MR) is 85.4 cm³/mol.